The Bertz CT molecular complexity index is 268. The van der Waals surface area contributed by atoms with Crippen molar-refractivity contribution in [3.05, 3.63) is 16.1 Å². The van der Waals surface area contributed by atoms with E-state index in [9.17, 15) is 0 Å². The van der Waals surface area contributed by atoms with E-state index in [4.69, 9.17) is 0 Å². The van der Waals surface area contributed by atoms with Crippen molar-refractivity contribution < 1.29 is 0 Å². The maximum atomic E-state index is 4.43. The van der Waals surface area contributed by atoms with Crippen molar-refractivity contribution in [2.45, 2.75) is 40.2 Å². The Balaban J connectivity index is 2.22. The number of rotatable bonds is 5. The van der Waals surface area contributed by atoms with Gasteiger partial charge in [-0.2, -0.15) is 0 Å². The van der Waals surface area contributed by atoms with E-state index < -0.39 is 0 Å². The van der Waals surface area contributed by atoms with Gasteiger partial charge in [-0.1, -0.05) is 13.8 Å². The molecule has 0 saturated carbocycles. The maximum absolute atomic E-state index is 4.43. The van der Waals surface area contributed by atoms with E-state index >= 15 is 0 Å². The zero-order valence-corrected chi connectivity index (χ0v) is 10.3. The predicted molar refractivity (Wildman–Crippen MR) is 62.9 cm³/mol. The van der Waals surface area contributed by atoms with E-state index in [1.807, 2.05) is 6.92 Å². The molecule has 0 aliphatic carbocycles. The van der Waals surface area contributed by atoms with Crippen LogP contribution < -0.4 is 5.32 Å². The average molecular weight is 212 g/mol. The molecule has 0 bridgehead atoms. The number of hydrogen-bond acceptors (Lipinski definition) is 3. The number of hydrogen-bond donors (Lipinski definition) is 1. The van der Waals surface area contributed by atoms with Crippen molar-refractivity contribution in [2.24, 2.45) is 5.92 Å². The summed E-state index contributed by atoms with van der Waals surface area (Å²) < 4.78 is 0. The first-order valence-corrected chi connectivity index (χ1v) is 6.12. The lowest BCUT2D eigenvalue weighted by Crippen LogP contribution is -2.32. The third-order valence-electron chi connectivity index (χ3n) is 2.47. The minimum absolute atomic E-state index is 0.594. The largest absolute Gasteiger partial charge is 0.314 e. The smallest absolute Gasteiger partial charge is 0.0940 e. The minimum Gasteiger partial charge on any atom is -0.314 e. The van der Waals surface area contributed by atoms with E-state index in [-0.39, 0.29) is 0 Å². The van der Waals surface area contributed by atoms with Crippen LogP contribution in [0.1, 0.15) is 31.5 Å². The Hall–Kier alpha value is -0.410. The number of nitrogens with zero attached hydrogens (tertiary/aromatic N) is 1. The number of aromatic nitrogens is 1. The van der Waals surface area contributed by atoms with Gasteiger partial charge in [-0.15, -0.1) is 11.3 Å². The normalized spacial score (nSPS) is 13.5. The first-order valence-electron chi connectivity index (χ1n) is 5.24. The minimum atomic E-state index is 0.594. The molecule has 0 spiro atoms. The van der Waals surface area contributed by atoms with E-state index in [1.165, 1.54) is 5.01 Å². The summed E-state index contributed by atoms with van der Waals surface area (Å²) in [6, 6.07) is 0.594. The third kappa shape index (κ3) is 3.76. The van der Waals surface area contributed by atoms with Gasteiger partial charge in [0.25, 0.3) is 0 Å². The highest BCUT2D eigenvalue weighted by Gasteiger charge is 2.05. The van der Waals surface area contributed by atoms with E-state index in [0.717, 1.165) is 18.7 Å². The maximum Gasteiger partial charge on any atom is 0.0940 e. The number of aryl methyl sites for hydroxylation is 1. The van der Waals surface area contributed by atoms with Gasteiger partial charge in [0, 0.05) is 30.1 Å². The van der Waals surface area contributed by atoms with Crippen LogP contribution in [-0.2, 0) is 6.42 Å². The fraction of sp³-hybridized carbons (Fsp3) is 0.727. The summed E-state index contributed by atoms with van der Waals surface area (Å²) in [5.74, 6) is 0.702. The van der Waals surface area contributed by atoms with Crippen molar-refractivity contribution in [2.75, 3.05) is 6.54 Å². The molecule has 0 aliphatic heterocycles. The molecule has 80 valence electrons. The Labute approximate surface area is 90.8 Å². The molecule has 0 aromatic carbocycles. The number of nitrogens with one attached hydrogen (secondary N) is 1. The van der Waals surface area contributed by atoms with Gasteiger partial charge in [0.05, 0.1) is 5.01 Å². The molecule has 1 aromatic rings. The summed E-state index contributed by atoms with van der Waals surface area (Å²) in [4.78, 5) is 4.43. The lowest BCUT2D eigenvalue weighted by Gasteiger charge is -2.16. The van der Waals surface area contributed by atoms with Gasteiger partial charge in [-0.3, -0.25) is 0 Å². The molecular formula is C11H20N2S. The Morgan fingerprint density at radius 1 is 1.43 bits per heavy atom. The quantitative estimate of drug-likeness (QED) is 0.811. The van der Waals surface area contributed by atoms with Crippen LogP contribution in [0.3, 0.4) is 0 Å². The molecule has 1 atom stereocenters. The molecule has 1 aromatic heterocycles. The predicted octanol–water partition coefficient (Wildman–Crippen LogP) is 2.63. The Morgan fingerprint density at radius 2 is 2.14 bits per heavy atom. The second-order valence-electron chi connectivity index (χ2n) is 4.12. The van der Waals surface area contributed by atoms with Crippen molar-refractivity contribution in [1.82, 2.24) is 10.3 Å². The monoisotopic (exact) mass is 212 g/mol. The van der Waals surface area contributed by atoms with Crippen molar-refractivity contribution in [1.29, 1.82) is 0 Å². The highest BCUT2D eigenvalue weighted by atomic mass is 32.1. The van der Waals surface area contributed by atoms with Crippen LogP contribution in [0.25, 0.3) is 0 Å². The molecule has 1 heterocycles. The topological polar surface area (TPSA) is 24.9 Å². The van der Waals surface area contributed by atoms with Gasteiger partial charge in [0.15, 0.2) is 0 Å². The summed E-state index contributed by atoms with van der Waals surface area (Å²) in [5, 5.41) is 6.86. The van der Waals surface area contributed by atoms with Crippen LogP contribution in [0.2, 0.25) is 0 Å². The molecule has 0 aliphatic rings. The lowest BCUT2D eigenvalue weighted by molar-refractivity contribution is 0.430. The zero-order valence-electron chi connectivity index (χ0n) is 9.50. The summed E-state index contributed by atoms with van der Waals surface area (Å²) in [6.45, 7) is 9.80. The lowest BCUT2D eigenvalue weighted by atomic mass is 10.1. The highest BCUT2D eigenvalue weighted by Crippen LogP contribution is 2.09. The van der Waals surface area contributed by atoms with Gasteiger partial charge in [0.2, 0.25) is 0 Å². The summed E-state index contributed by atoms with van der Waals surface area (Å²) >= 11 is 1.76. The van der Waals surface area contributed by atoms with Crippen molar-refractivity contribution in [3.8, 4) is 0 Å². The summed E-state index contributed by atoms with van der Waals surface area (Å²) in [7, 11) is 0. The molecule has 0 fully saturated rings. The standard InChI is InChI=1S/C11H20N2S/c1-8(2)10(4)12-6-5-11-13-9(3)7-14-11/h7-8,10,12H,5-6H2,1-4H3. The molecule has 0 amide bonds. The summed E-state index contributed by atoms with van der Waals surface area (Å²) in [5.41, 5.74) is 1.14. The molecule has 1 rings (SSSR count). The first kappa shape index (κ1) is 11.7. The highest BCUT2D eigenvalue weighted by molar-refractivity contribution is 7.09. The SMILES string of the molecule is Cc1csc(CCNC(C)C(C)C)n1. The van der Waals surface area contributed by atoms with Crippen molar-refractivity contribution in [3.63, 3.8) is 0 Å². The molecule has 0 saturated heterocycles. The second-order valence-corrected chi connectivity index (χ2v) is 5.06. The van der Waals surface area contributed by atoms with Crippen LogP contribution in [0.5, 0.6) is 0 Å². The second kappa shape index (κ2) is 5.47. The Kier molecular flexibility index (Phi) is 4.55. The van der Waals surface area contributed by atoms with E-state index in [0.29, 0.717) is 12.0 Å². The third-order valence-corrected chi connectivity index (χ3v) is 3.50. The van der Waals surface area contributed by atoms with Gasteiger partial charge < -0.3 is 5.32 Å². The zero-order chi connectivity index (χ0) is 10.6. The molecule has 2 nitrogen and oxygen atoms in total. The molecule has 0 radical (unpaired) electrons. The Morgan fingerprint density at radius 3 is 2.64 bits per heavy atom. The molecular weight excluding hydrogens is 192 g/mol. The fourth-order valence-corrected chi connectivity index (χ4v) is 1.94. The van der Waals surface area contributed by atoms with Gasteiger partial charge in [0.1, 0.15) is 0 Å². The number of thiazole rings is 1. The average Bonchev–Trinajstić information content (AvgIpc) is 2.51. The van der Waals surface area contributed by atoms with Crippen molar-refractivity contribution >= 4 is 11.3 Å². The van der Waals surface area contributed by atoms with Crippen LogP contribution in [-0.4, -0.2) is 17.6 Å². The molecule has 1 unspecified atom stereocenters. The van der Waals surface area contributed by atoms with E-state index in [1.54, 1.807) is 11.3 Å². The van der Waals surface area contributed by atoms with Gasteiger partial charge in [-0.25, -0.2) is 4.98 Å². The molecule has 3 heteroatoms. The van der Waals surface area contributed by atoms with Crippen LogP contribution in [0.15, 0.2) is 5.38 Å². The molecule has 14 heavy (non-hydrogen) atoms. The van der Waals surface area contributed by atoms with Gasteiger partial charge in [-0.05, 0) is 19.8 Å². The first-order chi connectivity index (χ1) is 6.59. The summed E-state index contributed by atoms with van der Waals surface area (Å²) in [6.07, 6.45) is 1.05. The van der Waals surface area contributed by atoms with Crippen LogP contribution in [0.4, 0.5) is 0 Å². The van der Waals surface area contributed by atoms with E-state index in [2.05, 4.69) is 36.5 Å². The van der Waals surface area contributed by atoms with Gasteiger partial charge >= 0.3 is 0 Å². The molecule has 1 N–H and O–H groups in total. The van der Waals surface area contributed by atoms with Crippen LogP contribution in [0, 0.1) is 12.8 Å². The van der Waals surface area contributed by atoms with Crippen LogP contribution >= 0.6 is 11.3 Å². The fourth-order valence-electron chi connectivity index (χ4n) is 1.16.